The number of fused-ring (bicyclic) bond motifs is 1. The third-order valence-corrected chi connectivity index (χ3v) is 7.58. The number of nitrogens with one attached hydrogen (secondary N) is 2. The van der Waals surface area contributed by atoms with Crippen LogP contribution in [0.4, 0.5) is 22.0 Å². The predicted molar refractivity (Wildman–Crippen MR) is 132 cm³/mol. The van der Waals surface area contributed by atoms with Gasteiger partial charge in [0.05, 0.1) is 42.8 Å². The number of carbonyl (C=O) groups is 1. The predicted octanol–water partition coefficient (Wildman–Crippen LogP) is 4.58. The minimum absolute atomic E-state index is 0.0935. The standard InChI is InChI=1S/C26H30F5N7O2/c27-25(28)7-3-16(4-8-25)23(37-24(40)17-6-10-32-33-12-17)19-14-38-20(35-19)11-18(13-34-38)22(15-1-2-15)36-21(39)5-9-26(29,30)31/h6,10-16,22-24,37,40H,1-5,7-9H2,(H,36,39)/t22-,23+,24?/m1/s1. The van der Waals surface area contributed by atoms with Gasteiger partial charge in [0.2, 0.25) is 11.8 Å². The zero-order valence-corrected chi connectivity index (χ0v) is 21.5. The largest absolute Gasteiger partial charge is 0.389 e. The molecule has 1 unspecified atom stereocenters. The summed E-state index contributed by atoms with van der Waals surface area (Å²) >= 11 is 0. The van der Waals surface area contributed by atoms with Crippen molar-refractivity contribution in [1.29, 1.82) is 0 Å². The van der Waals surface area contributed by atoms with Crippen molar-refractivity contribution >= 4 is 11.6 Å². The number of aliphatic hydroxyl groups excluding tert-OH is 1. The smallest absolute Gasteiger partial charge is 0.374 e. The molecule has 40 heavy (non-hydrogen) atoms. The normalized spacial score (nSPS) is 20.2. The lowest BCUT2D eigenvalue weighted by Gasteiger charge is -2.34. The van der Waals surface area contributed by atoms with Gasteiger partial charge >= 0.3 is 6.18 Å². The molecule has 2 aliphatic carbocycles. The topological polar surface area (TPSA) is 117 Å². The number of hydrogen-bond donors (Lipinski definition) is 3. The number of nitrogens with zero attached hydrogens (tertiary/aromatic N) is 5. The summed E-state index contributed by atoms with van der Waals surface area (Å²) in [5, 5.41) is 28.6. The lowest BCUT2D eigenvalue weighted by molar-refractivity contribution is -0.144. The van der Waals surface area contributed by atoms with E-state index in [1.165, 1.54) is 16.9 Å². The summed E-state index contributed by atoms with van der Waals surface area (Å²) in [6, 6.07) is 2.24. The SMILES string of the molecule is O=C(CCC(F)(F)F)N[C@@H](c1cnn2cc([C@@H](NC(O)c3ccnnc3)C3CCC(F)(F)CC3)nc2c1)C1CC1. The first-order valence-corrected chi connectivity index (χ1v) is 13.3. The summed E-state index contributed by atoms with van der Waals surface area (Å²) in [5.74, 6) is -3.56. The molecule has 9 nitrogen and oxygen atoms in total. The van der Waals surface area contributed by atoms with Gasteiger partial charge in [0, 0.05) is 31.0 Å². The number of aliphatic hydroxyl groups is 1. The number of imidazole rings is 1. The number of rotatable bonds is 10. The van der Waals surface area contributed by atoms with E-state index in [0.29, 0.717) is 22.5 Å². The van der Waals surface area contributed by atoms with Crippen molar-refractivity contribution in [2.45, 2.75) is 81.8 Å². The maximum absolute atomic E-state index is 13.9. The fourth-order valence-corrected chi connectivity index (χ4v) is 5.22. The molecule has 14 heteroatoms. The van der Waals surface area contributed by atoms with E-state index in [1.54, 1.807) is 24.5 Å². The Labute approximate surface area is 226 Å². The van der Waals surface area contributed by atoms with Gasteiger partial charge in [0.25, 0.3) is 0 Å². The van der Waals surface area contributed by atoms with Crippen LogP contribution in [0.25, 0.3) is 5.65 Å². The highest BCUT2D eigenvalue weighted by Gasteiger charge is 2.40. The Morgan fingerprint density at radius 2 is 1.80 bits per heavy atom. The van der Waals surface area contributed by atoms with Gasteiger partial charge in [-0.3, -0.25) is 10.1 Å². The molecular weight excluding hydrogens is 537 g/mol. The molecule has 5 rings (SSSR count). The molecule has 0 spiro atoms. The molecule has 2 aliphatic rings. The second-order valence-electron chi connectivity index (χ2n) is 10.7. The Kier molecular flexibility index (Phi) is 8.00. The van der Waals surface area contributed by atoms with Crippen molar-refractivity contribution in [3.05, 3.63) is 53.7 Å². The van der Waals surface area contributed by atoms with E-state index < -0.39 is 49.2 Å². The molecule has 1 amide bonds. The van der Waals surface area contributed by atoms with Gasteiger partial charge in [-0.15, -0.1) is 0 Å². The second kappa shape index (κ2) is 11.3. The number of amides is 1. The molecule has 2 saturated carbocycles. The van der Waals surface area contributed by atoms with Crippen molar-refractivity contribution in [3.63, 3.8) is 0 Å². The molecule has 0 aliphatic heterocycles. The molecule has 0 bridgehead atoms. The fraction of sp³-hybridized carbons (Fsp3) is 0.577. The maximum atomic E-state index is 13.9. The van der Waals surface area contributed by atoms with Crippen molar-refractivity contribution in [2.24, 2.45) is 11.8 Å². The quantitative estimate of drug-likeness (QED) is 0.243. The van der Waals surface area contributed by atoms with Crippen LogP contribution in [0, 0.1) is 11.8 Å². The van der Waals surface area contributed by atoms with Crippen LogP contribution in [-0.2, 0) is 4.79 Å². The zero-order chi connectivity index (χ0) is 28.5. The summed E-state index contributed by atoms with van der Waals surface area (Å²) in [6.45, 7) is 0. The lowest BCUT2D eigenvalue weighted by Crippen LogP contribution is -2.36. The zero-order valence-electron chi connectivity index (χ0n) is 21.5. The minimum atomic E-state index is -4.42. The third-order valence-electron chi connectivity index (χ3n) is 7.58. The molecule has 3 N–H and O–H groups in total. The minimum Gasteiger partial charge on any atom is -0.374 e. The monoisotopic (exact) mass is 567 g/mol. The molecule has 3 aromatic rings. The average molecular weight is 568 g/mol. The van der Waals surface area contributed by atoms with E-state index in [-0.39, 0.29) is 37.5 Å². The van der Waals surface area contributed by atoms with Crippen LogP contribution < -0.4 is 10.6 Å². The number of carbonyl (C=O) groups excluding carboxylic acids is 1. The van der Waals surface area contributed by atoms with Crippen LogP contribution in [0.5, 0.6) is 0 Å². The van der Waals surface area contributed by atoms with Gasteiger partial charge in [0.15, 0.2) is 5.65 Å². The van der Waals surface area contributed by atoms with Gasteiger partial charge in [-0.2, -0.15) is 28.5 Å². The number of aromatic nitrogens is 5. The van der Waals surface area contributed by atoms with Crippen LogP contribution in [0.15, 0.2) is 36.9 Å². The highest BCUT2D eigenvalue weighted by Crippen LogP contribution is 2.43. The van der Waals surface area contributed by atoms with E-state index >= 15 is 0 Å². The Hall–Kier alpha value is -3.26. The summed E-state index contributed by atoms with van der Waals surface area (Å²) in [7, 11) is 0. The van der Waals surface area contributed by atoms with E-state index in [4.69, 9.17) is 4.98 Å². The van der Waals surface area contributed by atoms with Gasteiger partial charge in [0.1, 0.15) is 6.23 Å². The Balaban J connectivity index is 1.38. The average Bonchev–Trinajstić information content (AvgIpc) is 3.67. The van der Waals surface area contributed by atoms with Crippen LogP contribution in [-0.4, -0.2) is 47.9 Å². The molecule has 0 aromatic carbocycles. The summed E-state index contributed by atoms with van der Waals surface area (Å²) in [5.41, 5.74) is 2.00. The van der Waals surface area contributed by atoms with Gasteiger partial charge in [-0.05, 0) is 55.2 Å². The second-order valence-corrected chi connectivity index (χ2v) is 10.7. The molecule has 3 aromatic heterocycles. The Morgan fingerprint density at radius 1 is 1.07 bits per heavy atom. The number of alkyl halides is 5. The molecule has 216 valence electrons. The molecule has 0 saturated heterocycles. The van der Waals surface area contributed by atoms with E-state index in [0.717, 1.165) is 12.8 Å². The van der Waals surface area contributed by atoms with Crippen molar-refractivity contribution < 1.29 is 31.9 Å². The van der Waals surface area contributed by atoms with Crippen LogP contribution in [0.2, 0.25) is 0 Å². The van der Waals surface area contributed by atoms with Crippen LogP contribution >= 0.6 is 0 Å². The molecule has 2 fully saturated rings. The van der Waals surface area contributed by atoms with Crippen molar-refractivity contribution in [2.75, 3.05) is 0 Å². The first-order chi connectivity index (χ1) is 19.0. The van der Waals surface area contributed by atoms with Crippen LogP contribution in [0.1, 0.15) is 86.5 Å². The summed E-state index contributed by atoms with van der Waals surface area (Å²) in [6.07, 6.45) is 0.212. The molecular formula is C26H30F5N7O2. The fourth-order valence-electron chi connectivity index (χ4n) is 5.22. The first kappa shape index (κ1) is 28.3. The highest BCUT2D eigenvalue weighted by atomic mass is 19.4. The van der Waals surface area contributed by atoms with Gasteiger partial charge < -0.3 is 10.4 Å². The maximum Gasteiger partial charge on any atom is 0.389 e. The highest BCUT2D eigenvalue weighted by molar-refractivity contribution is 5.76. The van der Waals surface area contributed by atoms with Gasteiger partial charge in [-0.1, -0.05) is 0 Å². The lowest BCUT2D eigenvalue weighted by atomic mass is 9.81. The Bertz CT molecular complexity index is 1310. The van der Waals surface area contributed by atoms with Crippen molar-refractivity contribution in [1.82, 2.24) is 35.4 Å². The Morgan fingerprint density at radius 3 is 2.45 bits per heavy atom. The van der Waals surface area contributed by atoms with Crippen LogP contribution in [0.3, 0.4) is 0 Å². The number of halogens is 5. The van der Waals surface area contributed by atoms with Crippen molar-refractivity contribution in [3.8, 4) is 0 Å². The first-order valence-electron chi connectivity index (χ1n) is 13.3. The third kappa shape index (κ3) is 7.08. The molecule has 0 radical (unpaired) electrons. The summed E-state index contributed by atoms with van der Waals surface area (Å²) < 4.78 is 67.1. The van der Waals surface area contributed by atoms with Gasteiger partial charge in [-0.25, -0.2) is 18.3 Å². The summed E-state index contributed by atoms with van der Waals surface area (Å²) in [4.78, 5) is 16.9. The van der Waals surface area contributed by atoms with E-state index in [9.17, 15) is 31.9 Å². The van der Waals surface area contributed by atoms with E-state index in [2.05, 4.69) is 25.9 Å². The molecule has 3 atom stereocenters. The molecule has 3 heterocycles. The number of hydrogen-bond acceptors (Lipinski definition) is 7. The van der Waals surface area contributed by atoms with E-state index in [1.807, 2.05) is 0 Å².